The third-order valence-corrected chi connectivity index (χ3v) is 5.16. The van der Waals surface area contributed by atoms with Crippen molar-refractivity contribution in [2.75, 3.05) is 0 Å². The normalized spacial score (nSPS) is 16.6. The van der Waals surface area contributed by atoms with E-state index in [9.17, 15) is 4.79 Å². The van der Waals surface area contributed by atoms with Crippen LogP contribution in [0.2, 0.25) is 0 Å². The lowest BCUT2D eigenvalue weighted by molar-refractivity contribution is -0.119. The summed E-state index contributed by atoms with van der Waals surface area (Å²) in [4.78, 5) is 18.5. The van der Waals surface area contributed by atoms with E-state index in [1.165, 1.54) is 16.7 Å². The Labute approximate surface area is 156 Å². The summed E-state index contributed by atoms with van der Waals surface area (Å²) >= 11 is 1.59. The zero-order valence-electron chi connectivity index (χ0n) is 14.4. The first-order chi connectivity index (χ1) is 12.7. The molecule has 130 valence electrons. The summed E-state index contributed by atoms with van der Waals surface area (Å²) in [5.41, 5.74) is 4.47. The van der Waals surface area contributed by atoms with E-state index in [1.807, 2.05) is 36.7 Å². The van der Waals surface area contributed by atoms with Gasteiger partial charge in [-0.05, 0) is 23.6 Å². The van der Waals surface area contributed by atoms with Gasteiger partial charge in [-0.2, -0.15) is 0 Å². The number of carbonyl (C=O) groups is 1. The smallest absolute Gasteiger partial charge is 0.247 e. The molecule has 1 aliphatic rings. The van der Waals surface area contributed by atoms with Crippen LogP contribution in [0.4, 0.5) is 0 Å². The maximum atomic E-state index is 11.8. The fourth-order valence-electron chi connectivity index (χ4n) is 3.05. The van der Waals surface area contributed by atoms with Crippen LogP contribution in [0, 0.1) is 6.92 Å². The minimum atomic E-state index is -0.230. The van der Waals surface area contributed by atoms with Crippen LogP contribution >= 0.6 is 11.3 Å². The van der Waals surface area contributed by atoms with Gasteiger partial charge in [0.15, 0.2) is 0 Å². The van der Waals surface area contributed by atoms with Gasteiger partial charge in [0.05, 0.1) is 10.7 Å². The van der Waals surface area contributed by atoms with E-state index < -0.39 is 0 Å². The van der Waals surface area contributed by atoms with Gasteiger partial charge in [-0.15, -0.1) is 11.3 Å². The third-order valence-electron chi connectivity index (χ3n) is 4.37. The molecule has 0 fully saturated rings. The van der Waals surface area contributed by atoms with Gasteiger partial charge in [-0.25, -0.2) is 4.98 Å². The minimum absolute atomic E-state index is 0.0867. The molecule has 1 N–H and O–H groups in total. The lowest BCUT2D eigenvalue weighted by Crippen LogP contribution is -2.41. The number of rotatable bonds is 4. The molecule has 2 heterocycles. The van der Waals surface area contributed by atoms with Gasteiger partial charge >= 0.3 is 0 Å². The van der Waals surface area contributed by atoms with Gasteiger partial charge in [0.1, 0.15) is 6.17 Å². The number of benzene rings is 2. The van der Waals surface area contributed by atoms with E-state index in [0.717, 1.165) is 10.7 Å². The molecule has 0 spiro atoms. The topological polar surface area (TPSA) is 45.2 Å². The SMILES string of the molecule is Cc1nc(C2NC(=O)C=CN2Cc2ccc(-c3ccccc3)cc2)cs1. The molecule has 2 aromatic carbocycles. The molecule has 0 bridgehead atoms. The van der Waals surface area contributed by atoms with Crippen LogP contribution in [0.25, 0.3) is 11.1 Å². The van der Waals surface area contributed by atoms with E-state index in [4.69, 9.17) is 0 Å². The monoisotopic (exact) mass is 361 g/mol. The van der Waals surface area contributed by atoms with Crippen molar-refractivity contribution in [2.45, 2.75) is 19.6 Å². The molecule has 4 rings (SSSR count). The van der Waals surface area contributed by atoms with Crippen LogP contribution < -0.4 is 5.32 Å². The number of aryl methyl sites for hydroxylation is 1. The fourth-order valence-corrected chi connectivity index (χ4v) is 3.68. The van der Waals surface area contributed by atoms with Gasteiger partial charge in [-0.3, -0.25) is 4.79 Å². The summed E-state index contributed by atoms with van der Waals surface area (Å²) < 4.78 is 0. The summed E-state index contributed by atoms with van der Waals surface area (Å²) in [7, 11) is 0. The Morgan fingerprint density at radius 1 is 1.08 bits per heavy atom. The zero-order valence-corrected chi connectivity index (χ0v) is 15.2. The number of hydrogen-bond donors (Lipinski definition) is 1. The highest BCUT2D eigenvalue weighted by Crippen LogP contribution is 2.26. The number of nitrogens with one attached hydrogen (secondary N) is 1. The fraction of sp³-hybridized carbons (Fsp3) is 0.143. The van der Waals surface area contributed by atoms with Crippen LogP contribution in [0.3, 0.4) is 0 Å². The third kappa shape index (κ3) is 3.53. The molecule has 1 atom stereocenters. The largest absolute Gasteiger partial charge is 0.348 e. The second kappa shape index (κ2) is 7.14. The van der Waals surface area contributed by atoms with Crippen LogP contribution in [-0.2, 0) is 11.3 Å². The first-order valence-electron chi connectivity index (χ1n) is 8.50. The highest BCUT2D eigenvalue weighted by Gasteiger charge is 2.25. The van der Waals surface area contributed by atoms with E-state index in [1.54, 1.807) is 17.4 Å². The van der Waals surface area contributed by atoms with Crippen molar-refractivity contribution >= 4 is 17.2 Å². The molecule has 26 heavy (non-hydrogen) atoms. The second-order valence-corrected chi connectivity index (χ2v) is 7.32. The molecule has 1 amide bonds. The Morgan fingerprint density at radius 3 is 2.50 bits per heavy atom. The maximum absolute atomic E-state index is 11.8. The summed E-state index contributed by atoms with van der Waals surface area (Å²) in [6.07, 6.45) is 3.18. The second-order valence-electron chi connectivity index (χ2n) is 6.25. The van der Waals surface area contributed by atoms with Gasteiger partial charge in [0.2, 0.25) is 5.91 Å². The Hall–Kier alpha value is -2.92. The van der Waals surface area contributed by atoms with Crippen LogP contribution in [0.15, 0.2) is 72.3 Å². The van der Waals surface area contributed by atoms with Crippen LogP contribution in [0.1, 0.15) is 22.4 Å². The molecule has 0 aliphatic carbocycles. The minimum Gasteiger partial charge on any atom is -0.348 e. The molecule has 0 saturated heterocycles. The summed E-state index contributed by atoms with van der Waals surface area (Å²) in [6.45, 7) is 2.67. The summed E-state index contributed by atoms with van der Waals surface area (Å²) in [6, 6.07) is 18.9. The Balaban J connectivity index is 1.55. The van der Waals surface area contributed by atoms with E-state index in [0.29, 0.717) is 6.54 Å². The standard InChI is InChI=1S/C21H19N3OS/c1-15-22-19(14-26-15)21-23-20(25)11-12-24(21)13-16-7-9-18(10-8-16)17-5-3-2-4-6-17/h2-12,14,21H,13H2,1H3,(H,23,25). The van der Waals surface area contributed by atoms with E-state index >= 15 is 0 Å². The molecule has 1 aromatic heterocycles. The number of aromatic nitrogens is 1. The van der Waals surface area contributed by atoms with Crippen molar-refractivity contribution in [3.8, 4) is 11.1 Å². The summed E-state index contributed by atoms with van der Waals surface area (Å²) in [5, 5.41) is 6.00. The average Bonchev–Trinajstić information content (AvgIpc) is 3.11. The number of hydrogen-bond acceptors (Lipinski definition) is 4. The van der Waals surface area contributed by atoms with Gasteiger partial charge in [0, 0.05) is 24.2 Å². The molecule has 1 aliphatic heterocycles. The van der Waals surface area contributed by atoms with Crippen molar-refractivity contribution < 1.29 is 4.79 Å². The molecule has 1 unspecified atom stereocenters. The number of carbonyl (C=O) groups excluding carboxylic acids is 1. The number of nitrogens with zero attached hydrogens (tertiary/aromatic N) is 2. The highest BCUT2D eigenvalue weighted by atomic mass is 32.1. The van der Waals surface area contributed by atoms with Gasteiger partial charge in [0.25, 0.3) is 0 Å². The van der Waals surface area contributed by atoms with Crippen molar-refractivity contribution in [1.82, 2.24) is 15.2 Å². The predicted octanol–water partition coefficient (Wildman–Crippen LogP) is 4.26. The van der Waals surface area contributed by atoms with Crippen molar-refractivity contribution in [3.63, 3.8) is 0 Å². The molecule has 0 radical (unpaired) electrons. The first kappa shape index (κ1) is 16.5. The zero-order chi connectivity index (χ0) is 17.9. The molecule has 4 nitrogen and oxygen atoms in total. The number of amides is 1. The molecular weight excluding hydrogens is 342 g/mol. The van der Waals surface area contributed by atoms with E-state index in [2.05, 4.69) is 51.6 Å². The number of thiazole rings is 1. The lowest BCUT2D eigenvalue weighted by atomic mass is 10.0. The highest BCUT2D eigenvalue weighted by molar-refractivity contribution is 7.09. The predicted molar refractivity (Wildman–Crippen MR) is 104 cm³/mol. The Morgan fingerprint density at radius 2 is 1.81 bits per heavy atom. The maximum Gasteiger partial charge on any atom is 0.247 e. The molecule has 5 heteroatoms. The van der Waals surface area contributed by atoms with Crippen molar-refractivity contribution in [3.05, 3.63) is 88.5 Å². The first-order valence-corrected chi connectivity index (χ1v) is 9.38. The van der Waals surface area contributed by atoms with Gasteiger partial charge in [-0.1, -0.05) is 54.6 Å². The average molecular weight is 361 g/mol. The lowest BCUT2D eigenvalue weighted by Gasteiger charge is -2.32. The van der Waals surface area contributed by atoms with Crippen molar-refractivity contribution in [1.29, 1.82) is 0 Å². The summed E-state index contributed by atoms with van der Waals surface area (Å²) in [5.74, 6) is -0.0867. The molecule has 3 aromatic rings. The Bertz CT molecular complexity index is 931. The van der Waals surface area contributed by atoms with Crippen molar-refractivity contribution in [2.24, 2.45) is 0 Å². The quantitative estimate of drug-likeness (QED) is 0.755. The van der Waals surface area contributed by atoms with Crippen LogP contribution in [-0.4, -0.2) is 15.8 Å². The van der Waals surface area contributed by atoms with Gasteiger partial charge < -0.3 is 10.2 Å². The molecular formula is C21H19N3OS. The molecule has 0 saturated carbocycles. The van der Waals surface area contributed by atoms with Crippen LogP contribution in [0.5, 0.6) is 0 Å². The van der Waals surface area contributed by atoms with E-state index in [-0.39, 0.29) is 12.1 Å². The Kier molecular flexibility index (Phi) is 4.54.